The van der Waals surface area contributed by atoms with Crippen LogP contribution in [0.3, 0.4) is 0 Å². The number of benzene rings is 2. The molecule has 1 spiro atoms. The number of nitrogens with zero attached hydrogens (tertiary/aromatic N) is 3. The zero-order chi connectivity index (χ0) is 27.5. The number of likely N-dealkylation sites (N-methyl/N-ethyl adjacent to an activating group) is 1. The van der Waals surface area contributed by atoms with Crippen LogP contribution in [0.2, 0.25) is 0 Å². The molecule has 202 valence electrons. The Labute approximate surface area is 228 Å². The van der Waals surface area contributed by atoms with Crippen molar-refractivity contribution in [1.29, 1.82) is 0 Å². The molecule has 6 atom stereocenters. The molecule has 0 aromatic heterocycles. The molecule has 4 heterocycles. The van der Waals surface area contributed by atoms with Gasteiger partial charge in [0, 0.05) is 25.8 Å². The fourth-order valence-electron chi connectivity index (χ4n) is 7.00. The maximum Gasteiger partial charge on any atom is 0.253 e. The molecule has 0 bridgehead atoms. The number of hydrogen-bond acceptors (Lipinski definition) is 5. The molecule has 1 unspecified atom stereocenters. The average molecular weight is 528 g/mol. The molecule has 8 nitrogen and oxygen atoms in total. The van der Waals surface area contributed by atoms with Gasteiger partial charge in [0.05, 0.1) is 30.6 Å². The molecule has 1 N–H and O–H groups in total. The third-order valence-corrected chi connectivity index (χ3v) is 8.70. The average Bonchev–Trinajstić information content (AvgIpc) is 3.25. The van der Waals surface area contributed by atoms with Crippen LogP contribution in [0.5, 0.6) is 0 Å². The Bertz CT molecular complexity index is 1370. The minimum absolute atomic E-state index is 0.183. The Morgan fingerprint density at radius 3 is 2.36 bits per heavy atom. The summed E-state index contributed by atoms with van der Waals surface area (Å²) in [6.45, 7) is 4.27. The van der Waals surface area contributed by atoms with Crippen LogP contribution in [0.15, 0.2) is 72.8 Å². The normalized spacial score (nSPS) is 30.7. The number of para-hydroxylation sites is 1. The number of aliphatic hydroxyl groups excluding tert-OH is 1. The maximum atomic E-state index is 14.7. The third kappa shape index (κ3) is 3.69. The first-order chi connectivity index (χ1) is 18.8. The molecule has 39 heavy (non-hydrogen) atoms. The largest absolute Gasteiger partial charge is 0.394 e. The first-order valence-electron chi connectivity index (χ1n) is 13.4. The van der Waals surface area contributed by atoms with E-state index in [2.05, 4.69) is 0 Å². The lowest BCUT2D eigenvalue weighted by Crippen LogP contribution is -2.56. The van der Waals surface area contributed by atoms with Crippen molar-refractivity contribution in [1.82, 2.24) is 9.80 Å². The van der Waals surface area contributed by atoms with Gasteiger partial charge in [-0.05, 0) is 30.5 Å². The van der Waals surface area contributed by atoms with Crippen LogP contribution >= 0.6 is 0 Å². The van der Waals surface area contributed by atoms with Gasteiger partial charge in [0.2, 0.25) is 11.8 Å². The van der Waals surface area contributed by atoms with Gasteiger partial charge in [-0.15, -0.1) is 0 Å². The predicted octanol–water partition coefficient (Wildman–Crippen LogP) is 2.55. The van der Waals surface area contributed by atoms with Crippen LogP contribution in [-0.4, -0.2) is 77.1 Å². The highest BCUT2D eigenvalue weighted by Gasteiger charge is 2.72. The molecule has 0 radical (unpaired) electrons. The van der Waals surface area contributed by atoms with Crippen molar-refractivity contribution in [2.75, 3.05) is 31.6 Å². The second-order valence-electron chi connectivity index (χ2n) is 10.9. The molecule has 4 aliphatic heterocycles. The highest BCUT2D eigenvalue weighted by Crippen LogP contribution is 2.55. The van der Waals surface area contributed by atoms with Gasteiger partial charge >= 0.3 is 0 Å². The molecule has 8 heteroatoms. The van der Waals surface area contributed by atoms with Crippen molar-refractivity contribution in [3.63, 3.8) is 0 Å². The maximum absolute atomic E-state index is 14.7. The number of ether oxygens (including phenoxy) is 1. The second kappa shape index (κ2) is 9.47. The molecule has 6 rings (SSSR count). The number of fused-ring (bicyclic) bond motifs is 2. The summed E-state index contributed by atoms with van der Waals surface area (Å²) in [5.41, 5.74) is 2.04. The standard InChI is InChI=1S/C31H33N3O5/c1-19-10-7-11-20(2)26(19)33-17-9-15-31-25(24-23(39-31)14-8-16-32(3)28(24)36)29(37)34(27(31)30(33)38)22(18-35)21-12-5-4-6-13-21/h4-15,22-25,27,35H,16-18H2,1-3H3/t22-,23+,24-,25+,27?,31+/m1/s1. The third-order valence-electron chi connectivity index (χ3n) is 8.70. The summed E-state index contributed by atoms with van der Waals surface area (Å²) in [5.74, 6) is -2.50. The molecule has 4 aliphatic rings. The molecular weight excluding hydrogens is 494 g/mol. The number of anilines is 1. The van der Waals surface area contributed by atoms with Gasteiger partial charge in [0.25, 0.3) is 5.91 Å². The van der Waals surface area contributed by atoms with Crippen molar-refractivity contribution in [3.05, 3.63) is 89.5 Å². The summed E-state index contributed by atoms with van der Waals surface area (Å²) < 4.78 is 6.69. The molecule has 0 saturated carbocycles. The Hall–Kier alpha value is -3.75. The number of amides is 3. The smallest absolute Gasteiger partial charge is 0.253 e. The molecule has 3 amide bonds. The van der Waals surface area contributed by atoms with Gasteiger partial charge in [-0.3, -0.25) is 14.4 Å². The van der Waals surface area contributed by atoms with Gasteiger partial charge in [-0.25, -0.2) is 0 Å². The van der Waals surface area contributed by atoms with E-state index in [9.17, 15) is 19.5 Å². The van der Waals surface area contributed by atoms with Crippen molar-refractivity contribution < 1.29 is 24.2 Å². The molecule has 2 aromatic rings. The molecule has 2 fully saturated rings. The van der Waals surface area contributed by atoms with Crippen LogP contribution in [0.25, 0.3) is 0 Å². The van der Waals surface area contributed by atoms with Gasteiger partial charge in [-0.2, -0.15) is 0 Å². The van der Waals surface area contributed by atoms with Gasteiger partial charge in [0.1, 0.15) is 11.6 Å². The van der Waals surface area contributed by atoms with E-state index >= 15 is 0 Å². The number of aliphatic hydroxyl groups is 1. The quantitative estimate of drug-likeness (QED) is 0.618. The first kappa shape index (κ1) is 25.5. The Morgan fingerprint density at radius 2 is 1.67 bits per heavy atom. The van der Waals surface area contributed by atoms with Gasteiger partial charge < -0.3 is 24.5 Å². The SMILES string of the molecule is Cc1cccc(C)c1N1CC=C[C@]23O[C@H]4C=CCN(C)C(=O)[C@H]4[C@H]2C(=O)N([C@H](CO)c2ccccc2)C3C1=O. The van der Waals surface area contributed by atoms with E-state index in [0.29, 0.717) is 18.7 Å². The summed E-state index contributed by atoms with van der Waals surface area (Å²) in [5, 5.41) is 10.6. The summed E-state index contributed by atoms with van der Waals surface area (Å²) in [6, 6.07) is 13.3. The van der Waals surface area contributed by atoms with Crippen molar-refractivity contribution >= 4 is 23.4 Å². The minimum Gasteiger partial charge on any atom is -0.394 e. The summed E-state index contributed by atoms with van der Waals surface area (Å²) in [7, 11) is 1.71. The minimum atomic E-state index is -1.35. The van der Waals surface area contributed by atoms with Gasteiger partial charge in [0.15, 0.2) is 0 Å². The lowest BCUT2D eigenvalue weighted by molar-refractivity contribution is -0.146. The molecular formula is C31H33N3O5. The molecule has 2 aromatic carbocycles. The monoisotopic (exact) mass is 527 g/mol. The number of carbonyl (C=O) groups excluding carboxylic acids is 3. The molecule has 2 saturated heterocycles. The Kier molecular flexibility index (Phi) is 6.19. The molecule has 0 aliphatic carbocycles. The summed E-state index contributed by atoms with van der Waals surface area (Å²) in [4.78, 5) is 47.6. The highest BCUT2D eigenvalue weighted by atomic mass is 16.5. The topological polar surface area (TPSA) is 90.4 Å². The number of likely N-dealkylation sites (tertiary alicyclic amines) is 1. The lowest BCUT2D eigenvalue weighted by atomic mass is 9.77. The van der Waals surface area contributed by atoms with E-state index in [0.717, 1.165) is 16.8 Å². The fourth-order valence-corrected chi connectivity index (χ4v) is 7.00. The van der Waals surface area contributed by atoms with E-state index in [1.54, 1.807) is 16.8 Å². The second-order valence-corrected chi connectivity index (χ2v) is 10.9. The highest BCUT2D eigenvalue weighted by molar-refractivity contribution is 6.06. The lowest BCUT2D eigenvalue weighted by Gasteiger charge is -2.39. The zero-order valence-electron chi connectivity index (χ0n) is 22.4. The van der Waals surface area contributed by atoms with E-state index in [1.165, 1.54) is 4.90 Å². The van der Waals surface area contributed by atoms with E-state index in [-0.39, 0.29) is 24.3 Å². The van der Waals surface area contributed by atoms with E-state index in [4.69, 9.17) is 4.74 Å². The Morgan fingerprint density at radius 1 is 0.949 bits per heavy atom. The number of hydrogen-bond donors (Lipinski definition) is 1. The summed E-state index contributed by atoms with van der Waals surface area (Å²) >= 11 is 0. The first-order valence-corrected chi connectivity index (χ1v) is 13.4. The van der Waals surface area contributed by atoms with Crippen molar-refractivity contribution in [2.24, 2.45) is 11.8 Å². The van der Waals surface area contributed by atoms with Crippen molar-refractivity contribution in [3.8, 4) is 0 Å². The van der Waals surface area contributed by atoms with Crippen molar-refractivity contribution in [2.45, 2.75) is 37.6 Å². The fraction of sp³-hybridized carbons (Fsp3) is 0.387. The predicted molar refractivity (Wildman–Crippen MR) is 146 cm³/mol. The van der Waals surface area contributed by atoms with Crippen LogP contribution in [0, 0.1) is 25.7 Å². The summed E-state index contributed by atoms with van der Waals surface area (Å²) in [6.07, 6.45) is 6.81. The number of carbonyl (C=O) groups is 3. The zero-order valence-corrected chi connectivity index (χ0v) is 22.4. The van der Waals surface area contributed by atoms with Crippen LogP contribution in [-0.2, 0) is 19.1 Å². The van der Waals surface area contributed by atoms with E-state index in [1.807, 2.05) is 86.7 Å². The van der Waals surface area contributed by atoms with Gasteiger partial charge in [-0.1, -0.05) is 72.8 Å². The van der Waals surface area contributed by atoms with E-state index < -0.39 is 35.6 Å². The van der Waals surface area contributed by atoms with Crippen LogP contribution in [0.4, 0.5) is 5.69 Å². The van der Waals surface area contributed by atoms with Crippen LogP contribution < -0.4 is 4.90 Å². The Balaban J connectivity index is 1.54. The number of rotatable bonds is 4. The van der Waals surface area contributed by atoms with Crippen LogP contribution in [0.1, 0.15) is 22.7 Å². The number of aryl methyl sites for hydroxylation is 2.